The molecular formula is C21H33HfSi-3. The maximum absolute atomic E-state index is 2.50. The van der Waals surface area contributed by atoms with Crippen LogP contribution in [0.25, 0.3) is 0 Å². The van der Waals surface area contributed by atoms with Crippen LogP contribution in [0.2, 0.25) is 13.1 Å². The molecule has 3 rings (SSSR count). The Morgan fingerprint density at radius 3 is 2.52 bits per heavy atom. The Kier molecular flexibility index (Phi) is 5.99. The first-order chi connectivity index (χ1) is 10.4. The fourth-order valence-corrected chi connectivity index (χ4v) is 7.44. The Bertz CT molecular complexity index is 609. The molecule has 0 aromatic heterocycles. The molecule has 0 heterocycles. The van der Waals surface area contributed by atoms with Gasteiger partial charge in [-0.1, -0.05) is 65.6 Å². The Morgan fingerprint density at radius 2 is 1.96 bits per heavy atom. The van der Waals surface area contributed by atoms with Crippen LogP contribution in [0.1, 0.15) is 56.2 Å². The van der Waals surface area contributed by atoms with E-state index in [9.17, 15) is 0 Å². The molecule has 0 N–H and O–H groups in total. The van der Waals surface area contributed by atoms with E-state index >= 15 is 0 Å². The van der Waals surface area contributed by atoms with E-state index in [1.165, 1.54) is 19.3 Å². The molecule has 0 bridgehead atoms. The standard InChI is InChI=1S/C21H31Si.Hf.2H/c1-14-10-9-13-17-18(15(14)2)20(22(5)6)21(3,4)19(17)16-11-7-8-12-16;;;/h7-8,11,14-15H,9-10,12-13H2,1-6H3;;;/q-1;;2*-1. The second-order valence-electron chi connectivity index (χ2n) is 8.25. The molecule has 0 aromatic rings. The van der Waals surface area contributed by atoms with Crippen molar-refractivity contribution in [3.8, 4) is 0 Å². The molecule has 0 nitrogen and oxygen atoms in total. The number of allylic oxidation sites excluding steroid dienone is 6. The number of hydrogen-bond acceptors (Lipinski definition) is 0. The van der Waals surface area contributed by atoms with Crippen molar-refractivity contribution in [3.63, 3.8) is 0 Å². The van der Waals surface area contributed by atoms with Crippen LogP contribution < -0.4 is 0 Å². The Labute approximate surface area is 166 Å². The van der Waals surface area contributed by atoms with Gasteiger partial charge >= 0.3 is 0 Å². The fourth-order valence-electron chi connectivity index (χ4n) is 5.14. The first kappa shape index (κ1) is 19.4. The summed E-state index contributed by atoms with van der Waals surface area (Å²) in [5, 5.41) is 1.83. The maximum atomic E-state index is 2.50. The van der Waals surface area contributed by atoms with Crippen molar-refractivity contribution in [1.82, 2.24) is 0 Å². The van der Waals surface area contributed by atoms with Crippen LogP contribution in [0.4, 0.5) is 0 Å². The van der Waals surface area contributed by atoms with Crippen molar-refractivity contribution >= 4 is 13.6 Å². The van der Waals surface area contributed by atoms with Crippen LogP contribution in [0.3, 0.4) is 0 Å². The van der Waals surface area contributed by atoms with Crippen LogP contribution >= 0.6 is 0 Å². The molecule has 0 saturated carbocycles. The van der Waals surface area contributed by atoms with Gasteiger partial charge in [-0.05, 0) is 32.6 Å². The van der Waals surface area contributed by atoms with Crippen LogP contribution in [-0.2, 0) is 25.8 Å². The van der Waals surface area contributed by atoms with E-state index in [-0.39, 0.29) is 34.1 Å². The topological polar surface area (TPSA) is 0 Å². The van der Waals surface area contributed by atoms with E-state index in [4.69, 9.17) is 0 Å². The SMILES string of the molecule is CC1CCCC2=C(C(=[Si](C)C)C(C)(C)[C-]2C2=CC=CC2)C1C.[H-].[H-].[Hf]. The summed E-state index contributed by atoms with van der Waals surface area (Å²) in [6.45, 7) is 15.0. The quantitative estimate of drug-likeness (QED) is 0.313. The molecule has 0 amide bonds. The summed E-state index contributed by atoms with van der Waals surface area (Å²) >= 11 is 0. The van der Waals surface area contributed by atoms with E-state index in [0.29, 0.717) is 0 Å². The van der Waals surface area contributed by atoms with Gasteiger partial charge in [0.15, 0.2) is 0 Å². The molecule has 0 aliphatic heterocycles. The van der Waals surface area contributed by atoms with Crippen molar-refractivity contribution in [2.24, 2.45) is 17.3 Å². The largest absolute Gasteiger partial charge is 1.00 e. The molecule has 128 valence electrons. The molecule has 3 aliphatic rings. The zero-order chi connectivity index (χ0) is 16.1. The van der Waals surface area contributed by atoms with Crippen molar-refractivity contribution in [2.75, 3.05) is 0 Å². The number of hydrogen-bond donors (Lipinski definition) is 0. The van der Waals surface area contributed by atoms with Gasteiger partial charge in [0.2, 0.25) is 0 Å². The molecule has 0 fully saturated rings. The normalized spacial score (nSPS) is 29.2. The van der Waals surface area contributed by atoms with Crippen molar-refractivity contribution in [2.45, 2.75) is 66.5 Å². The van der Waals surface area contributed by atoms with E-state index in [2.05, 4.69) is 59.0 Å². The molecule has 0 saturated heterocycles. The van der Waals surface area contributed by atoms with Crippen LogP contribution in [-0.4, -0.2) is 13.6 Å². The van der Waals surface area contributed by atoms with Gasteiger partial charge in [0.1, 0.15) is 0 Å². The summed E-state index contributed by atoms with van der Waals surface area (Å²) in [6.07, 6.45) is 12.2. The summed E-state index contributed by atoms with van der Waals surface area (Å²) in [5.74, 6) is 3.27. The molecule has 2 heteroatoms. The zero-order valence-electron chi connectivity index (χ0n) is 17.7. The van der Waals surface area contributed by atoms with E-state index in [1.54, 1.807) is 22.6 Å². The van der Waals surface area contributed by atoms with Gasteiger partial charge in [0.25, 0.3) is 0 Å². The number of rotatable bonds is 1. The summed E-state index contributed by atoms with van der Waals surface area (Å²) < 4.78 is 0. The maximum Gasteiger partial charge on any atom is 0 e. The van der Waals surface area contributed by atoms with Crippen LogP contribution in [0.15, 0.2) is 34.9 Å². The average Bonchev–Trinajstić information content (AvgIpc) is 2.98. The molecule has 2 unspecified atom stereocenters. The van der Waals surface area contributed by atoms with E-state index in [1.807, 2.05) is 5.17 Å². The zero-order valence-corrected chi connectivity index (χ0v) is 20.3. The monoisotopic (exact) mass is 493 g/mol. The van der Waals surface area contributed by atoms with Gasteiger partial charge in [-0.2, -0.15) is 6.08 Å². The second kappa shape index (κ2) is 7.12. The van der Waals surface area contributed by atoms with Gasteiger partial charge in [-0.15, -0.1) is 33.9 Å². The minimum atomic E-state index is -0.430. The predicted molar refractivity (Wildman–Crippen MR) is 103 cm³/mol. The van der Waals surface area contributed by atoms with Crippen LogP contribution in [0, 0.1) is 23.2 Å². The Balaban J connectivity index is 0.00000192. The molecule has 0 aromatic carbocycles. The van der Waals surface area contributed by atoms with Crippen molar-refractivity contribution < 1.29 is 28.7 Å². The van der Waals surface area contributed by atoms with Gasteiger partial charge < -0.3 is 2.85 Å². The summed E-state index contributed by atoms with van der Waals surface area (Å²) in [5.41, 5.74) is 5.39. The first-order valence-electron chi connectivity index (χ1n) is 9.01. The summed E-state index contributed by atoms with van der Waals surface area (Å²) in [6, 6.07) is 0. The molecule has 2 atom stereocenters. The van der Waals surface area contributed by atoms with Crippen molar-refractivity contribution in [3.05, 3.63) is 40.9 Å². The fraction of sp³-hybridized carbons (Fsp3) is 0.619. The molecule has 0 radical (unpaired) electrons. The van der Waals surface area contributed by atoms with Gasteiger partial charge in [0.05, 0.1) is 0 Å². The van der Waals surface area contributed by atoms with Crippen molar-refractivity contribution in [1.29, 1.82) is 0 Å². The second-order valence-corrected chi connectivity index (χ2v) is 10.7. The minimum Gasteiger partial charge on any atom is -1.00 e. The van der Waals surface area contributed by atoms with Gasteiger partial charge in [-0.25, -0.2) is 0 Å². The van der Waals surface area contributed by atoms with Gasteiger partial charge in [-0.3, -0.25) is 0 Å². The first-order valence-corrected chi connectivity index (χ1v) is 11.5. The molecular weight excluding hydrogens is 459 g/mol. The molecule has 23 heavy (non-hydrogen) atoms. The third kappa shape index (κ3) is 3.15. The van der Waals surface area contributed by atoms with Gasteiger partial charge in [0, 0.05) is 25.8 Å². The van der Waals surface area contributed by atoms with E-state index in [0.717, 1.165) is 18.3 Å². The third-order valence-electron chi connectivity index (χ3n) is 6.13. The van der Waals surface area contributed by atoms with Crippen LogP contribution in [0.5, 0.6) is 0 Å². The minimum absolute atomic E-state index is 0. The Morgan fingerprint density at radius 1 is 1.26 bits per heavy atom. The average molecular weight is 492 g/mol. The Hall–Kier alpha value is 0.0470. The third-order valence-corrected chi connectivity index (χ3v) is 8.03. The predicted octanol–water partition coefficient (Wildman–Crippen LogP) is 5.97. The molecule has 3 aliphatic carbocycles. The smallest absolute Gasteiger partial charge is 0 e. The molecule has 0 spiro atoms. The van der Waals surface area contributed by atoms with E-state index < -0.39 is 8.41 Å². The summed E-state index contributed by atoms with van der Waals surface area (Å²) in [4.78, 5) is 0. The summed E-state index contributed by atoms with van der Waals surface area (Å²) in [7, 11) is -0.430.